The Kier molecular flexibility index (Phi) is 7.77. The van der Waals surface area contributed by atoms with Crippen LogP contribution in [-0.2, 0) is 5.41 Å². The Morgan fingerprint density at radius 3 is 1.70 bits per heavy atom. The molecule has 10 rings (SSSR count). The van der Waals surface area contributed by atoms with Crippen molar-refractivity contribution >= 4 is 10.8 Å². The van der Waals surface area contributed by atoms with Crippen molar-refractivity contribution in [1.82, 2.24) is 9.97 Å². The van der Waals surface area contributed by atoms with Crippen LogP contribution in [0.4, 0.5) is 0 Å². The lowest BCUT2D eigenvalue weighted by Crippen LogP contribution is -2.28. The van der Waals surface area contributed by atoms with Crippen molar-refractivity contribution in [2.75, 3.05) is 0 Å². The second kappa shape index (κ2) is 13.1. The molecule has 0 bridgehead atoms. The van der Waals surface area contributed by atoms with Gasteiger partial charge < -0.3 is 0 Å². The summed E-state index contributed by atoms with van der Waals surface area (Å²) in [7, 11) is 0. The molecule has 0 radical (unpaired) electrons. The summed E-state index contributed by atoms with van der Waals surface area (Å²) in [5.74, 6) is 0.715. The highest BCUT2D eigenvalue weighted by molar-refractivity contribution is 6.05. The Labute approximate surface area is 316 Å². The lowest BCUT2D eigenvalue weighted by molar-refractivity contribution is 0.353. The first kappa shape index (κ1) is 32.1. The van der Waals surface area contributed by atoms with Crippen LogP contribution in [-0.4, -0.2) is 9.97 Å². The number of hydrogen-bond acceptors (Lipinski definition) is 3. The molecule has 0 N–H and O–H groups in total. The van der Waals surface area contributed by atoms with Gasteiger partial charge in [0.1, 0.15) is 0 Å². The highest BCUT2D eigenvalue weighted by atomic mass is 14.9. The van der Waals surface area contributed by atoms with Crippen LogP contribution in [0.3, 0.4) is 0 Å². The third kappa shape index (κ3) is 5.34. The summed E-state index contributed by atoms with van der Waals surface area (Å²) < 4.78 is 0. The van der Waals surface area contributed by atoms with Gasteiger partial charge in [0, 0.05) is 22.1 Å². The van der Waals surface area contributed by atoms with Gasteiger partial charge in [-0.05, 0) is 92.4 Å². The summed E-state index contributed by atoms with van der Waals surface area (Å²) in [6.07, 6.45) is 6.01. The molecule has 0 unspecified atom stereocenters. The molecule has 1 saturated carbocycles. The van der Waals surface area contributed by atoms with Crippen molar-refractivity contribution in [3.8, 4) is 73.4 Å². The molecule has 256 valence electrons. The van der Waals surface area contributed by atoms with Crippen LogP contribution in [0.1, 0.15) is 48.8 Å². The molecule has 0 saturated heterocycles. The van der Waals surface area contributed by atoms with Crippen molar-refractivity contribution in [2.24, 2.45) is 0 Å². The molecule has 1 fully saturated rings. The van der Waals surface area contributed by atoms with E-state index in [1.807, 2.05) is 30.3 Å². The molecule has 0 aliphatic heterocycles. The fraction of sp³-hybridized carbons (Fsp3) is 0.118. The van der Waals surface area contributed by atoms with E-state index >= 15 is 0 Å². The number of rotatable bonds is 5. The molecule has 0 atom stereocenters. The van der Waals surface area contributed by atoms with Gasteiger partial charge >= 0.3 is 0 Å². The normalized spacial score (nSPS) is 14.1. The highest BCUT2D eigenvalue weighted by Crippen LogP contribution is 2.56. The molecule has 8 aromatic rings. The number of nitriles is 1. The SMILES string of the molecule is N#Cc1ccc2c(c1)C1(CCCCC1)c1cc(-c3ccc(-c4ccc(-c5cc(-c6ccccc6)nc(-c6ccccc6)n5)c5ccccc45)cc3)ccc1-2. The van der Waals surface area contributed by atoms with Gasteiger partial charge in [0.05, 0.1) is 23.0 Å². The Balaban J connectivity index is 1.03. The first-order valence-electron chi connectivity index (χ1n) is 19.0. The van der Waals surface area contributed by atoms with E-state index in [4.69, 9.17) is 9.97 Å². The van der Waals surface area contributed by atoms with E-state index in [0.717, 1.165) is 51.9 Å². The zero-order valence-electron chi connectivity index (χ0n) is 30.0. The van der Waals surface area contributed by atoms with Crippen molar-refractivity contribution in [2.45, 2.75) is 37.5 Å². The zero-order chi connectivity index (χ0) is 36.1. The molecule has 7 aromatic carbocycles. The molecule has 3 heteroatoms. The topological polar surface area (TPSA) is 49.6 Å². The fourth-order valence-corrected chi connectivity index (χ4v) is 9.11. The second-order valence-corrected chi connectivity index (χ2v) is 14.8. The Morgan fingerprint density at radius 1 is 0.426 bits per heavy atom. The summed E-state index contributed by atoms with van der Waals surface area (Å²) >= 11 is 0. The summed E-state index contributed by atoms with van der Waals surface area (Å²) in [5.41, 5.74) is 16.0. The van der Waals surface area contributed by atoms with Crippen LogP contribution >= 0.6 is 0 Å². The van der Waals surface area contributed by atoms with Crippen LogP contribution in [0, 0.1) is 11.3 Å². The number of hydrogen-bond donors (Lipinski definition) is 0. The van der Waals surface area contributed by atoms with Gasteiger partial charge in [0.2, 0.25) is 0 Å². The smallest absolute Gasteiger partial charge is 0.160 e. The molecule has 1 aromatic heterocycles. The van der Waals surface area contributed by atoms with E-state index < -0.39 is 0 Å². The predicted molar refractivity (Wildman–Crippen MR) is 221 cm³/mol. The number of fused-ring (bicyclic) bond motifs is 6. The minimum atomic E-state index is -0.000216. The first-order valence-corrected chi connectivity index (χ1v) is 19.0. The molecule has 1 heterocycles. The quantitative estimate of drug-likeness (QED) is 0.180. The Hall–Kier alpha value is -6.63. The van der Waals surface area contributed by atoms with E-state index in [9.17, 15) is 5.26 Å². The number of benzene rings is 7. The standard InChI is InChI=1S/C51H37N3/c52-33-34-18-24-43-44-25-23-39(31-47(44)51(46(43)30-34)28-10-3-11-29-51)35-19-21-36(22-20-35)40-26-27-45(42-17-9-8-16-41(40)42)49-32-48(37-12-4-1-5-13-37)53-50(54-49)38-14-6-2-7-15-38/h1-2,4-9,12-27,30-32H,3,10-11,28-29H2. The van der Waals surface area contributed by atoms with Gasteiger partial charge in [-0.1, -0.05) is 159 Å². The van der Waals surface area contributed by atoms with Gasteiger partial charge in [-0.2, -0.15) is 5.26 Å². The highest BCUT2D eigenvalue weighted by Gasteiger charge is 2.44. The second-order valence-electron chi connectivity index (χ2n) is 14.8. The predicted octanol–water partition coefficient (Wildman–Crippen LogP) is 13.1. The van der Waals surface area contributed by atoms with Gasteiger partial charge in [-0.15, -0.1) is 0 Å². The van der Waals surface area contributed by atoms with Crippen molar-refractivity contribution in [1.29, 1.82) is 5.26 Å². The van der Waals surface area contributed by atoms with E-state index in [0.29, 0.717) is 5.82 Å². The monoisotopic (exact) mass is 691 g/mol. The zero-order valence-corrected chi connectivity index (χ0v) is 30.0. The molecule has 2 aliphatic rings. The van der Waals surface area contributed by atoms with Gasteiger partial charge in [-0.25, -0.2) is 9.97 Å². The largest absolute Gasteiger partial charge is 0.228 e. The van der Waals surface area contributed by atoms with Crippen LogP contribution < -0.4 is 0 Å². The van der Waals surface area contributed by atoms with Crippen LogP contribution in [0.15, 0.2) is 164 Å². The average Bonchev–Trinajstić information content (AvgIpc) is 3.51. The van der Waals surface area contributed by atoms with E-state index in [-0.39, 0.29) is 5.41 Å². The van der Waals surface area contributed by atoms with Crippen molar-refractivity contribution < 1.29 is 0 Å². The summed E-state index contributed by atoms with van der Waals surface area (Å²) in [6, 6.07) is 60.6. The molecule has 2 aliphatic carbocycles. The maximum absolute atomic E-state index is 9.74. The van der Waals surface area contributed by atoms with Crippen molar-refractivity contribution in [3.05, 3.63) is 180 Å². The fourth-order valence-electron chi connectivity index (χ4n) is 9.11. The van der Waals surface area contributed by atoms with Gasteiger partial charge in [0.25, 0.3) is 0 Å². The average molecular weight is 692 g/mol. The van der Waals surface area contributed by atoms with E-state index in [1.54, 1.807) is 0 Å². The summed E-state index contributed by atoms with van der Waals surface area (Å²) in [5, 5.41) is 12.1. The molecular weight excluding hydrogens is 655 g/mol. The summed E-state index contributed by atoms with van der Waals surface area (Å²) in [4.78, 5) is 10.2. The van der Waals surface area contributed by atoms with Crippen LogP contribution in [0.25, 0.3) is 78.1 Å². The number of aromatic nitrogens is 2. The maximum atomic E-state index is 9.74. The Bertz CT molecular complexity index is 2680. The van der Waals surface area contributed by atoms with Gasteiger partial charge in [-0.3, -0.25) is 0 Å². The van der Waals surface area contributed by atoms with E-state index in [2.05, 4.69) is 140 Å². The molecule has 0 amide bonds. The minimum Gasteiger partial charge on any atom is -0.228 e. The lowest BCUT2D eigenvalue weighted by atomic mass is 9.67. The molecule has 3 nitrogen and oxygen atoms in total. The number of nitrogens with zero attached hydrogens (tertiary/aromatic N) is 3. The van der Waals surface area contributed by atoms with Crippen LogP contribution in [0.5, 0.6) is 0 Å². The lowest BCUT2D eigenvalue weighted by Gasteiger charge is -2.36. The van der Waals surface area contributed by atoms with Crippen molar-refractivity contribution in [3.63, 3.8) is 0 Å². The van der Waals surface area contributed by atoms with E-state index in [1.165, 1.54) is 69.2 Å². The molecule has 1 spiro atoms. The Morgan fingerprint density at radius 2 is 0.981 bits per heavy atom. The summed E-state index contributed by atoms with van der Waals surface area (Å²) in [6.45, 7) is 0. The first-order chi connectivity index (χ1) is 26.7. The minimum absolute atomic E-state index is 0.000216. The molecular formula is C51H37N3. The van der Waals surface area contributed by atoms with Gasteiger partial charge in [0.15, 0.2) is 5.82 Å². The van der Waals surface area contributed by atoms with Crippen LogP contribution in [0.2, 0.25) is 0 Å². The third-order valence-corrected chi connectivity index (χ3v) is 11.8. The maximum Gasteiger partial charge on any atom is 0.160 e. The molecule has 54 heavy (non-hydrogen) atoms. The third-order valence-electron chi connectivity index (χ3n) is 11.8.